The van der Waals surface area contributed by atoms with E-state index in [0.717, 1.165) is 16.9 Å². The highest BCUT2D eigenvalue weighted by Gasteiger charge is 2.19. The van der Waals surface area contributed by atoms with E-state index in [1.807, 2.05) is 64.0 Å². The number of hydrogen-bond acceptors (Lipinski definition) is 4. The number of hydrogen-bond donors (Lipinski definition) is 2. The molecule has 0 atom stereocenters. The van der Waals surface area contributed by atoms with Gasteiger partial charge in [0, 0.05) is 37.9 Å². The molecule has 2 N–H and O–H groups in total. The predicted molar refractivity (Wildman–Crippen MR) is 111 cm³/mol. The average Bonchev–Trinajstić information content (AvgIpc) is 3.13. The predicted octanol–water partition coefficient (Wildman–Crippen LogP) is 3.81. The third-order valence-corrected chi connectivity index (χ3v) is 4.15. The SMILES string of the molecule is CCC(=O)Nc1ccc(N(C)C)c(CN(Cc2ccco2)C(=O)NC(C)C)c1. The second kappa shape index (κ2) is 9.82. The maximum Gasteiger partial charge on any atom is 0.318 e. The van der Waals surface area contributed by atoms with Gasteiger partial charge in [-0.05, 0) is 49.7 Å². The maximum atomic E-state index is 12.8. The van der Waals surface area contributed by atoms with Crippen molar-refractivity contribution in [2.75, 3.05) is 24.3 Å². The fraction of sp³-hybridized carbons (Fsp3) is 0.429. The van der Waals surface area contributed by atoms with Crippen LogP contribution in [-0.4, -0.2) is 37.0 Å². The van der Waals surface area contributed by atoms with E-state index >= 15 is 0 Å². The lowest BCUT2D eigenvalue weighted by molar-refractivity contribution is -0.115. The van der Waals surface area contributed by atoms with Gasteiger partial charge in [-0.15, -0.1) is 0 Å². The summed E-state index contributed by atoms with van der Waals surface area (Å²) >= 11 is 0. The van der Waals surface area contributed by atoms with E-state index in [0.29, 0.717) is 25.3 Å². The van der Waals surface area contributed by atoms with Crippen LogP contribution < -0.4 is 15.5 Å². The van der Waals surface area contributed by atoms with Crippen LogP contribution >= 0.6 is 0 Å². The average molecular weight is 386 g/mol. The monoisotopic (exact) mass is 386 g/mol. The molecule has 7 nitrogen and oxygen atoms in total. The summed E-state index contributed by atoms with van der Waals surface area (Å²) in [6.45, 7) is 6.39. The summed E-state index contributed by atoms with van der Waals surface area (Å²) in [6, 6.07) is 9.25. The zero-order chi connectivity index (χ0) is 20.7. The Bertz CT molecular complexity index is 785. The Morgan fingerprint density at radius 3 is 2.46 bits per heavy atom. The van der Waals surface area contributed by atoms with Gasteiger partial charge in [0.15, 0.2) is 0 Å². The Morgan fingerprint density at radius 1 is 1.14 bits per heavy atom. The topological polar surface area (TPSA) is 77.8 Å². The van der Waals surface area contributed by atoms with Crippen molar-refractivity contribution in [1.82, 2.24) is 10.2 Å². The van der Waals surface area contributed by atoms with Crippen LogP contribution in [0, 0.1) is 0 Å². The molecule has 1 heterocycles. The quantitative estimate of drug-likeness (QED) is 0.723. The minimum atomic E-state index is -0.167. The smallest absolute Gasteiger partial charge is 0.318 e. The Morgan fingerprint density at radius 2 is 1.89 bits per heavy atom. The number of carbonyl (C=O) groups is 2. The van der Waals surface area contributed by atoms with Crippen LogP contribution in [0.4, 0.5) is 16.2 Å². The molecule has 0 fully saturated rings. The Labute approximate surface area is 166 Å². The van der Waals surface area contributed by atoms with E-state index in [-0.39, 0.29) is 18.0 Å². The second-order valence-corrected chi connectivity index (χ2v) is 7.18. The van der Waals surface area contributed by atoms with E-state index in [1.165, 1.54) is 0 Å². The Kier molecular flexibility index (Phi) is 7.49. The number of nitrogens with one attached hydrogen (secondary N) is 2. The van der Waals surface area contributed by atoms with Crippen molar-refractivity contribution in [3.8, 4) is 0 Å². The number of carbonyl (C=O) groups excluding carboxylic acids is 2. The minimum Gasteiger partial charge on any atom is -0.467 e. The first-order chi connectivity index (χ1) is 13.3. The highest BCUT2D eigenvalue weighted by molar-refractivity contribution is 5.90. The van der Waals surface area contributed by atoms with Crippen molar-refractivity contribution in [3.63, 3.8) is 0 Å². The first kappa shape index (κ1) is 21.3. The van der Waals surface area contributed by atoms with Gasteiger partial charge in [-0.1, -0.05) is 6.92 Å². The summed E-state index contributed by atoms with van der Waals surface area (Å²) in [6.07, 6.45) is 2.01. The van der Waals surface area contributed by atoms with E-state index < -0.39 is 0 Å². The van der Waals surface area contributed by atoms with Crippen LogP contribution in [0.2, 0.25) is 0 Å². The molecule has 7 heteroatoms. The molecule has 152 valence electrons. The number of benzene rings is 1. The van der Waals surface area contributed by atoms with Crippen LogP contribution in [0.1, 0.15) is 38.5 Å². The summed E-state index contributed by atoms with van der Waals surface area (Å²) in [5.41, 5.74) is 2.63. The molecule has 0 radical (unpaired) electrons. The molecular weight excluding hydrogens is 356 g/mol. The van der Waals surface area contributed by atoms with Gasteiger partial charge in [0.2, 0.25) is 5.91 Å². The lowest BCUT2D eigenvalue weighted by Gasteiger charge is -2.26. The molecular formula is C21H30N4O3. The van der Waals surface area contributed by atoms with Crippen LogP contribution in [0.5, 0.6) is 0 Å². The molecule has 0 bridgehead atoms. The van der Waals surface area contributed by atoms with E-state index in [9.17, 15) is 9.59 Å². The zero-order valence-corrected chi connectivity index (χ0v) is 17.3. The molecule has 3 amide bonds. The summed E-state index contributed by atoms with van der Waals surface area (Å²) in [4.78, 5) is 28.2. The second-order valence-electron chi connectivity index (χ2n) is 7.18. The molecule has 0 unspecified atom stereocenters. The molecule has 1 aromatic carbocycles. The van der Waals surface area contributed by atoms with Crippen molar-refractivity contribution in [3.05, 3.63) is 47.9 Å². The maximum absolute atomic E-state index is 12.8. The number of amides is 3. The molecule has 0 aliphatic carbocycles. The minimum absolute atomic E-state index is 0.0232. The molecule has 1 aromatic heterocycles. The van der Waals surface area contributed by atoms with Crippen LogP contribution in [0.3, 0.4) is 0 Å². The summed E-state index contributed by atoms with van der Waals surface area (Å²) < 4.78 is 5.44. The summed E-state index contributed by atoms with van der Waals surface area (Å²) in [5.74, 6) is 0.661. The molecule has 0 spiro atoms. The van der Waals surface area contributed by atoms with Crippen molar-refractivity contribution >= 4 is 23.3 Å². The van der Waals surface area contributed by atoms with Gasteiger partial charge in [0.25, 0.3) is 0 Å². The number of anilines is 2. The molecule has 0 aliphatic rings. The van der Waals surface area contributed by atoms with Gasteiger partial charge in [0.1, 0.15) is 5.76 Å². The number of nitrogens with zero attached hydrogens (tertiary/aromatic N) is 2. The molecule has 0 saturated heterocycles. The Hall–Kier alpha value is -2.96. The zero-order valence-electron chi connectivity index (χ0n) is 17.3. The van der Waals surface area contributed by atoms with Crippen molar-refractivity contribution in [2.24, 2.45) is 0 Å². The highest BCUT2D eigenvalue weighted by Crippen LogP contribution is 2.25. The van der Waals surface area contributed by atoms with Gasteiger partial charge in [-0.3, -0.25) is 4.79 Å². The van der Waals surface area contributed by atoms with E-state index in [2.05, 4.69) is 10.6 Å². The third-order valence-electron chi connectivity index (χ3n) is 4.15. The van der Waals surface area contributed by atoms with E-state index in [4.69, 9.17) is 4.42 Å². The normalized spacial score (nSPS) is 10.6. The largest absolute Gasteiger partial charge is 0.467 e. The fourth-order valence-electron chi connectivity index (χ4n) is 2.81. The van der Waals surface area contributed by atoms with Crippen LogP contribution in [0.15, 0.2) is 41.0 Å². The molecule has 2 rings (SSSR count). The van der Waals surface area contributed by atoms with Gasteiger partial charge in [0.05, 0.1) is 19.4 Å². The molecule has 0 aliphatic heterocycles. The van der Waals surface area contributed by atoms with Gasteiger partial charge in [-0.2, -0.15) is 0 Å². The lowest BCUT2D eigenvalue weighted by Crippen LogP contribution is -2.42. The lowest BCUT2D eigenvalue weighted by atomic mass is 10.1. The van der Waals surface area contributed by atoms with Crippen molar-refractivity contribution in [1.29, 1.82) is 0 Å². The number of rotatable bonds is 8. The van der Waals surface area contributed by atoms with Gasteiger partial charge < -0.3 is 24.9 Å². The molecule has 28 heavy (non-hydrogen) atoms. The first-order valence-electron chi connectivity index (χ1n) is 9.48. The molecule has 2 aromatic rings. The van der Waals surface area contributed by atoms with Crippen LogP contribution in [-0.2, 0) is 17.9 Å². The van der Waals surface area contributed by atoms with E-state index in [1.54, 1.807) is 17.2 Å². The molecule has 0 saturated carbocycles. The standard InChI is InChI=1S/C21H30N4O3/c1-6-20(26)23-17-9-10-19(24(4)5)16(12-17)13-25(21(27)22-15(2)3)14-18-8-7-11-28-18/h7-12,15H,6,13-14H2,1-5H3,(H,22,27)(H,23,26). The first-order valence-corrected chi connectivity index (χ1v) is 9.48. The number of furan rings is 1. The number of urea groups is 1. The van der Waals surface area contributed by atoms with Crippen molar-refractivity contribution < 1.29 is 14.0 Å². The van der Waals surface area contributed by atoms with Crippen molar-refractivity contribution in [2.45, 2.75) is 46.3 Å². The van der Waals surface area contributed by atoms with Crippen LogP contribution in [0.25, 0.3) is 0 Å². The van der Waals surface area contributed by atoms with Gasteiger partial charge in [-0.25, -0.2) is 4.79 Å². The summed E-state index contributed by atoms with van der Waals surface area (Å²) in [7, 11) is 3.91. The highest BCUT2D eigenvalue weighted by atomic mass is 16.3. The third kappa shape index (κ3) is 6.04. The summed E-state index contributed by atoms with van der Waals surface area (Å²) in [5, 5.41) is 5.83. The van der Waals surface area contributed by atoms with Gasteiger partial charge >= 0.3 is 6.03 Å². The fourth-order valence-corrected chi connectivity index (χ4v) is 2.81. The Balaban J connectivity index is 2.32.